The van der Waals surface area contributed by atoms with Crippen molar-refractivity contribution in [2.45, 2.75) is 58.1 Å². The molecular formula is C20H32N2O3S. The minimum Gasteiger partial charge on any atom is -0.371 e. The molecule has 5 nitrogen and oxygen atoms in total. The van der Waals surface area contributed by atoms with Crippen molar-refractivity contribution in [3.8, 4) is 0 Å². The van der Waals surface area contributed by atoms with Crippen molar-refractivity contribution in [2.24, 2.45) is 11.8 Å². The number of ether oxygens (including phenoxy) is 1. The summed E-state index contributed by atoms with van der Waals surface area (Å²) in [5, 5.41) is 5.38. The number of thiol groups is 1. The fraction of sp³-hybridized carbons (Fsp3) is 0.600. The smallest absolute Gasteiger partial charge is 0.245 e. The van der Waals surface area contributed by atoms with Gasteiger partial charge in [0.05, 0.1) is 12.7 Å². The Morgan fingerprint density at radius 1 is 1.08 bits per heavy atom. The van der Waals surface area contributed by atoms with Crippen molar-refractivity contribution in [3.63, 3.8) is 0 Å². The maximum Gasteiger partial charge on any atom is 0.245 e. The number of likely N-dealkylation sites (N-methyl/N-ethyl adjacent to an activating group) is 1. The van der Waals surface area contributed by atoms with E-state index < -0.39 is 12.1 Å². The zero-order valence-corrected chi connectivity index (χ0v) is 17.3. The van der Waals surface area contributed by atoms with Crippen LogP contribution >= 0.6 is 12.6 Å². The lowest BCUT2D eigenvalue weighted by atomic mass is 9.93. The lowest BCUT2D eigenvalue weighted by molar-refractivity contribution is -0.135. The van der Waals surface area contributed by atoms with Gasteiger partial charge in [-0.05, 0) is 24.8 Å². The molecule has 0 heterocycles. The van der Waals surface area contributed by atoms with E-state index in [4.69, 9.17) is 4.74 Å². The molecule has 0 saturated carbocycles. The van der Waals surface area contributed by atoms with E-state index in [1.165, 1.54) is 0 Å². The number of nitrogens with one attached hydrogen (secondary N) is 2. The van der Waals surface area contributed by atoms with Crippen LogP contribution in [0.15, 0.2) is 30.3 Å². The molecule has 0 aliphatic carbocycles. The van der Waals surface area contributed by atoms with E-state index >= 15 is 0 Å². The first-order valence-electron chi connectivity index (χ1n) is 9.11. The van der Waals surface area contributed by atoms with Crippen molar-refractivity contribution in [1.29, 1.82) is 0 Å². The van der Waals surface area contributed by atoms with Gasteiger partial charge in [0.2, 0.25) is 11.8 Å². The molecule has 26 heavy (non-hydrogen) atoms. The Morgan fingerprint density at radius 2 is 1.69 bits per heavy atom. The lowest BCUT2D eigenvalue weighted by Gasteiger charge is -2.28. The monoisotopic (exact) mass is 380 g/mol. The van der Waals surface area contributed by atoms with Gasteiger partial charge in [0, 0.05) is 18.2 Å². The van der Waals surface area contributed by atoms with Crippen molar-refractivity contribution >= 4 is 24.4 Å². The Morgan fingerprint density at radius 3 is 2.19 bits per heavy atom. The summed E-state index contributed by atoms with van der Waals surface area (Å²) in [5.41, 5.74) is 1.02. The molecule has 0 aliphatic rings. The molecule has 6 heteroatoms. The van der Waals surface area contributed by atoms with E-state index in [0.29, 0.717) is 12.5 Å². The number of carbonyl (C=O) groups is 2. The van der Waals surface area contributed by atoms with E-state index in [9.17, 15) is 9.59 Å². The van der Waals surface area contributed by atoms with Gasteiger partial charge < -0.3 is 15.4 Å². The molecule has 0 saturated heterocycles. The molecule has 3 unspecified atom stereocenters. The van der Waals surface area contributed by atoms with Gasteiger partial charge in [-0.2, -0.15) is 12.6 Å². The van der Waals surface area contributed by atoms with Crippen LogP contribution in [0.1, 0.15) is 39.7 Å². The van der Waals surface area contributed by atoms with Gasteiger partial charge in [-0.25, -0.2) is 0 Å². The molecule has 1 aromatic carbocycles. The molecule has 0 fully saturated rings. The highest BCUT2D eigenvalue weighted by Crippen LogP contribution is 2.20. The first kappa shape index (κ1) is 22.5. The highest BCUT2D eigenvalue weighted by Gasteiger charge is 2.31. The van der Waals surface area contributed by atoms with Gasteiger partial charge in [0.15, 0.2) is 0 Å². The topological polar surface area (TPSA) is 67.4 Å². The summed E-state index contributed by atoms with van der Waals surface area (Å²) in [6.07, 6.45) is 0.255. The summed E-state index contributed by atoms with van der Waals surface area (Å²) >= 11 is 4.45. The van der Waals surface area contributed by atoms with Gasteiger partial charge in [-0.1, -0.05) is 51.1 Å². The predicted molar refractivity (Wildman–Crippen MR) is 108 cm³/mol. The van der Waals surface area contributed by atoms with Crippen LogP contribution in [-0.4, -0.2) is 36.3 Å². The van der Waals surface area contributed by atoms with E-state index in [1.807, 2.05) is 37.3 Å². The number of hydrogen-bond acceptors (Lipinski definition) is 4. The summed E-state index contributed by atoms with van der Waals surface area (Å²) in [5.74, 6) is -0.323. The summed E-state index contributed by atoms with van der Waals surface area (Å²) in [7, 11) is 1.55. The average Bonchev–Trinajstić information content (AvgIpc) is 2.61. The minimum atomic E-state index is -0.752. The number of benzene rings is 1. The van der Waals surface area contributed by atoms with Crippen molar-refractivity contribution < 1.29 is 14.3 Å². The first-order valence-corrected chi connectivity index (χ1v) is 9.63. The molecule has 1 aromatic rings. The van der Waals surface area contributed by atoms with Gasteiger partial charge in [0.25, 0.3) is 0 Å². The Labute approximate surface area is 162 Å². The maximum absolute atomic E-state index is 12.7. The fourth-order valence-electron chi connectivity index (χ4n) is 2.74. The van der Waals surface area contributed by atoms with Crippen LogP contribution in [0.4, 0.5) is 0 Å². The van der Waals surface area contributed by atoms with Crippen molar-refractivity contribution in [2.75, 3.05) is 7.05 Å². The number of amides is 2. The third-order valence-corrected chi connectivity index (χ3v) is 4.66. The molecule has 0 bridgehead atoms. The molecule has 0 radical (unpaired) electrons. The minimum absolute atomic E-state index is 0.0942. The molecule has 0 spiro atoms. The van der Waals surface area contributed by atoms with Crippen LogP contribution in [0.25, 0.3) is 0 Å². The van der Waals surface area contributed by atoms with Crippen molar-refractivity contribution in [1.82, 2.24) is 10.6 Å². The standard InChI is InChI=1S/C20H32N2O3S/c1-13(2)11-17(15(4)26)19(23)22-18(20(24)21-5)14(3)25-12-16-9-7-6-8-10-16/h6-10,13-15,17-18,26H,11-12H2,1-5H3,(H,21,24)(H,22,23)/t14?,15?,17?,18-/m0/s1. The second-order valence-electron chi connectivity index (χ2n) is 7.08. The number of hydrogen-bond donors (Lipinski definition) is 3. The zero-order chi connectivity index (χ0) is 19.7. The van der Waals surface area contributed by atoms with Crippen LogP contribution in [0.2, 0.25) is 0 Å². The summed E-state index contributed by atoms with van der Waals surface area (Å²) in [6.45, 7) is 8.21. The van der Waals surface area contributed by atoms with Crippen LogP contribution in [0, 0.1) is 11.8 Å². The second-order valence-corrected chi connectivity index (χ2v) is 7.89. The fourth-order valence-corrected chi connectivity index (χ4v) is 3.00. The Kier molecular flexibility index (Phi) is 9.73. The Bertz CT molecular complexity index is 563. The third-order valence-electron chi connectivity index (χ3n) is 4.30. The van der Waals surface area contributed by atoms with Gasteiger partial charge in [-0.3, -0.25) is 9.59 Å². The van der Waals surface area contributed by atoms with Crippen LogP contribution in [-0.2, 0) is 20.9 Å². The lowest BCUT2D eigenvalue weighted by Crippen LogP contribution is -2.54. The predicted octanol–water partition coefficient (Wildman–Crippen LogP) is 2.80. The molecule has 1 rings (SSSR count). The zero-order valence-electron chi connectivity index (χ0n) is 16.4. The van der Waals surface area contributed by atoms with E-state index in [-0.39, 0.29) is 23.0 Å². The Balaban J connectivity index is 2.78. The molecule has 0 aromatic heterocycles. The van der Waals surface area contributed by atoms with Crippen LogP contribution in [0.3, 0.4) is 0 Å². The number of carbonyl (C=O) groups excluding carboxylic acids is 2. The third kappa shape index (κ3) is 7.38. The normalized spacial score (nSPS) is 15.8. The van der Waals surface area contributed by atoms with Crippen molar-refractivity contribution in [3.05, 3.63) is 35.9 Å². The first-order chi connectivity index (χ1) is 12.3. The average molecular weight is 381 g/mol. The molecular weight excluding hydrogens is 348 g/mol. The Hall–Kier alpha value is -1.53. The van der Waals surface area contributed by atoms with E-state index in [0.717, 1.165) is 12.0 Å². The van der Waals surface area contributed by atoms with E-state index in [1.54, 1.807) is 14.0 Å². The second kappa shape index (κ2) is 11.2. The van der Waals surface area contributed by atoms with Gasteiger partial charge in [0.1, 0.15) is 6.04 Å². The maximum atomic E-state index is 12.7. The SMILES string of the molecule is CNC(=O)[C@@H](NC(=O)C(CC(C)C)C(C)S)C(C)OCc1ccccc1. The highest BCUT2D eigenvalue weighted by molar-refractivity contribution is 7.81. The largest absolute Gasteiger partial charge is 0.371 e. The summed E-state index contributed by atoms with van der Waals surface area (Å²) < 4.78 is 5.84. The van der Waals surface area contributed by atoms with Crippen LogP contribution < -0.4 is 10.6 Å². The quantitative estimate of drug-likeness (QED) is 0.547. The summed E-state index contributed by atoms with van der Waals surface area (Å²) in [4.78, 5) is 25.0. The summed E-state index contributed by atoms with van der Waals surface area (Å²) in [6, 6.07) is 8.98. The molecule has 146 valence electrons. The molecule has 2 amide bonds. The van der Waals surface area contributed by atoms with Gasteiger partial charge in [-0.15, -0.1) is 0 Å². The van der Waals surface area contributed by atoms with Gasteiger partial charge >= 0.3 is 0 Å². The van der Waals surface area contributed by atoms with Crippen LogP contribution in [0.5, 0.6) is 0 Å². The molecule has 2 N–H and O–H groups in total. The van der Waals surface area contributed by atoms with E-state index in [2.05, 4.69) is 37.1 Å². The molecule has 0 aliphatic heterocycles. The molecule has 4 atom stereocenters. The highest BCUT2D eigenvalue weighted by atomic mass is 32.1. The number of rotatable bonds is 10.